The van der Waals surface area contributed by atoms with Crippen LogP contribution < -0.4 is 10.6 Å². The molecule has 0 saturated carbocycles. The first-order valence-corrected chi connectivity index (χ1v) is 6.72. The molecule has 2 heteroatoms. The second-order valence-corrected chi connectivity index (χ2v) is 5.07. The van der Waals surface area contributed by atoms with Gasteiger partial charge in [0.25, 0.3) is 0 Å². The van der Waals surface area contributed by atoms with Gasteiger partial charge in [-0.3, -0.25) is 0 Å². The maximum atomic E-state index is 5.72. The molecule has 0 radical (unpaired) electrons. The van der Waals surface area contributed by atoms with Crippen LogP contribution in [-0.2, 0) is 6.42 Å². The second-order valence-electron chi connectivity index (χ2n) is 5.07. The van der Waals surface area contributed by atoms with Gasteiger partial charge in [-0.15, -0.1) is 0 Å². The van der Waals surface area contributed by atoms with Crippen LogP contribution in [0.3, 0.4) is 0 Å². The number of nitrogens with zero attached hydrogens (tertiary/aromatic N) is 1. The van der Waals surface area contributed by atoms with Crippen LogP contribution in [0.2, 0.25) is 0 Å². The summed E-state index contributed by atoms with van der Waals surface area (Å²) >= 11 is 0. The van der Waals surface area contributed by atoms with Crippen LogP contribution in [0, 0.1) is 13.8 Å². The third-order valence-corrected chi connectivity index (χ3v) is 3.40. The largest absolute Gasteiger partial charge is 0.344 e. The predicted octanol–water partition coefficient (Wildman–Crippen LogP) is 3.57. The summed E-state index contributed by atoms with van der Waals surface area (Å²) in [4.78, 5) is 2.23. The molecule has 2 aromatic carbocycles. The standard InChI is InChI=1S/C17H22N2/c1-13-5-4-6-16(12-13)19(3)17-8-7-14(2)11-15(17)9-10-18/h4-8,11-12H,9-10,18H2,1-3H3. The molecule has 2 aromatic rings. The van der Waals surface area contributed by atoms with Crippen molar-refractivity contribution in [3.05, 3.63) is 59.2 Å². The van der Waals surface area contributed by atoms with E-state index in [0.717, 1.165) is 6.42 Å². The van der Waals surface area contributed by atoms with E-state index in [-0.39, 0.29) is 0 Å². The average Bonchev–Trinajstić information content (AvgIpc) is 2.39. The highest BCUT2D eigenvalue weighted by Crippen LogP contribution is 2.28. The van der Waals surface area contributed by atoms with Crippen LogP contribution in [0.25, 0.3) is 0 Å². The Morgan fingerprint density at radius 2 is 1.74 bits per heavy atom. The first kappa shape index (κ1) is 13.6. The topological polar surface area (TPSA) is 29.3 Å². The van der Waals surface area contributed by atoms with E-state index in [1.807, 2.05) is 0 Å². The van der Waals surface area contributed by atoms with Gasteiger partial charge in [0.15, 0.2) is 0 Å². The summed E-state index contributed by atoms with van der Waals surface area (Å²) in [5, 5.41) is 0. The van der Waals surface area contributed by atoms with Crippen molar-refractivity contribution in [2.75, 3.05) is 18.5 Å². The van der Waals surface area contributed by atoms with Crippen molar-refractivity contribution < 1.29 is 0 Å². The molecular formula is C17H22N2. The number of hydrogen-bond donors (Lipinski definition) is 1. The van der Waals surface area contributed by atoms with E-state index in [1.165, 1.54) is 28.1 Å². The van der Waals surface area contributed by atoms with Gasteiger partial charge >= 0.3 is 0 Å². The summed E-state index contributed by atoms with van der Waals surface area (Å²) in [5.74, 6) is 0. The number of aryl methyl sites for hydroxylation is 2. The van der Waals surface area contributed by atoms with Crippen LogP contribution in [0.15, 0.2) is 42.5 Å². The Labute approximate surface area is 115 Å². The molecule has 0 unspecified atom stereocenters. The van der Waals surface area contributed by atoms with Gasteiger partial charge in [0.2, 0.25) is 0 Å². The zero-order chi connectivity index (χ0) is 13.8. The minimum atomic E-state index is 0.679. The molecule has 0 spiro atoms. The number of rotatable bonds is 4. The quantitative estimate of drug-likeness (QED) is 0.903. The molecule has 0 atom stereocenters. The average molecular weight is 254 g/mol. The molecule has 2 rings (SSSR count). The fraction of sp³-hybridized carbons (Fsp3) is 0.294. The lowest BCUT2D eigenvalue weighted by Gasteiger charge is -2.23. The lowest BCUT2D eigenvalue weighted by molar-refractivity contribution is 0.958. The highest BCUT2D eigenvalue weighted by molar-refractivity contribution is 5.66. The highest BCUT2D eigenvalue weighted by atomic mass is 15.1. The van der Waals surface area contributed by atoms with E-state index < -0.39 is 0 Å². The summed E-state index contributed by atoms with van der Waals surface area (Å²) in [6, 6.07) is 15.1. The van der Waals surface area contributed by atoms with Crippen LogP contribution in [-0.4, -0.2) is 13.6 Å². The van der Waals surface area contributed by atoms with Crippen molar-refractivity contribution in [1.29, 1.82) is 0 Å². The van der Waals surface area contributed by atoms with E-state index in [4.69, 9.17) is 5.73 Å². The minimum absolute atomic E-state index is 0.679. The first-order chi connectivity index (χ1) is 9.11. The molecular weight excluding hydrogens is 232 g/mol. The SMILES string of the molecule is Cc1cccc(N(C)c2ccc(C)cc2CCN)c1. The van der Waals surface area contributed by atoms with Gasteiger partial charge in [-0.25, -0.2) is 0 Å². The van der Waals surface area contributed by atoms with Crippen LogP contribution in [0.5, 0.6) is 0 Å². The molecule has 0 aromatic heterocycles. The number of nitrogens with two attached hydrogens (primary N) is 1. The van der Waals surface area contributed by atoms with E-state index in [9.17, 15) is 0 Å². The smallest absolute Gasteiger partial charge is 0.0441 e. The van der Waals surface area contributed by atoms with Gasteiger partial charge in [-0.1, -0.05) is 29.8 Å². The van der Waals surface area contributed by atoms with Gasteiger partial charge in [0, 0.05) is 18.4 Å². The zero-order valence-corrected chi connectivity index (χ0v) is 12.0. The molecule has 19 heavy (non-hydrogen) atoms. The Morgan fingerprint density at radius 1 is 1.00 bits per heavy atom. The van der Waals surface area contributed by atoms with Crippen LogP contribution in [0.4, 0.5) is 11.4 Å². The molecule has 0 aliphatic rings. The van der Waals surface area contributed by atoms with E-state index >= 15 is 0 Å². The Kier molecular flexibility index (Phi) is 4.23. The molecule has 2 N–H and O–H groups in total. The van der Waals surface area contributed by atoms with Crippen LogP contribution >= 0.6 is 0 Å². The molecule has 0 bridgehead atoms. The lowest BCUT2D eigenvalue weighted by Crippen LogP contribution is -2.14. The lowest BCUT2D eigenvalue weighted by atomic mass is 10.0. The Morgan fingerprint density at radius 3 is 2.42 bits per heavy atom. The van der Waals surface area contributed by atoms with Gasteiger partial charge in [-0.2, -0.15) is 0 Å². The number of benzene rings is 2. The summed E-state index contributed by atoms with van der Waals surface area (Å²) in [6.07, 6.45) is 0.910. The second kappa shape index (κ2) is 5.89. The van der Waals surface area contributed by atoms with Gasteiger partial charge in [0.1, 0.15) is 0 Å². The molecule has 0 aliphatic heterocycles. The summed E-state index contributed by atoms with van der Waals surface area (Å²) < 4.78 is 0. The predicted molar refractivity (Wildman–Crippen MR) is 83.2 cm³/mol. The molecule has 100 valence electrons. The number of hydrogen-bond acceptors (Lipinski definition) is 2. The first-order valence-electron chi connectivity index (χ1n) is 6.72. The van der Waals surface area contributed by atoms with Crippen molar-refractivity contribution in [3.8, 4) is 0 Å². The molecule has 2 nitrogen and oxygen atoms in total. The van der Waals surface area contributed by atoms with Crippen molar-refractivity contribution in [2.24, 2.45) is 5.73 Å². The van der Waals surface area contributed by atoms with Gasteiger partial charge in [0.05, 0.1) is 0 Å². The van der Waals surface area contributed by atoms with Gasteiger partial charge < -0.3 is 10.6 Å². The summed E-state index contributed by atoms with van der Waals surface area (Å²) in [7, 11) is 2.11. The van der Waals surface area contributed by atoms with Crippen molar-refractivity contribution in [3.63, 3.8) is 0 Å². The zero-order valence-electron chi connectivity index (χ0n) is 12.0. The van der Waals surface area contributed by atoms with Crippen molar-refractivity contribution >= 4 is 11.4 Å². The van der Waals surface area contributed by atoms with Crippen LogP contribution in [0.1, 0.15) is 16.7 Å². The number of anilines is 2. The van der Waals surface area contributed by atoms with E-state index in [1.54, 1.807) is 0 Å². The molecule has 0 aliphatic carbocycles. The minimum Gasteiger partial charge on any atom is -0.344 e. The van der Waals surface area contributed by atoms with Gasteiger partial charge in [-0.05, 0) is 56.1 Å². The van der Waals surface area contributed by atoms with E-state index in [0.29, 0.717) is 6.54 Å². The summed E-state index contributed by atoms with van der Waals surface area (Å²) in [5.41, 5.74) is 12.0. The molecule has 0 amide bonds. The molecule has 0 heterocycles. The fourth-order valence-corrected chi connectivity index (χ4v) is 2.37. The Hall–Kier alpha value is -1.80. The third-order valence-electron chi connectivity index (χ3n) is 3.40. The maximum absolute atomic E-state index is 5.72. The third kappa shape index (κ3) is 3.15. The molecule has 0 fully saturated rings. The monoisotopic (exact) mass is 254 g/mol. The van der Waals surface area contributed by atoms with Crippen molar-refractivity contribution in [1.82, 2.24) is 0 Å². The normalized spacial score (nSPS) is 10.5. The Bertz CT molecular complexity index is 561. The fourth-order valence-electron chi connectivity index (χ4n) is 2.37. The molecule has 0 saturated heterocycles. The summed E-state index contributed by atoms with van der Waals surface area (Å²) in [6.45, 7) is 4.92. The van der Waals surface area contributed by atoms with Crippen molar-refractivity contribution in [2.45, 2.75) is 20.3 Å². The Balaban J connectivity index is 2.40. The maximum Gasteiger partial charge on any atom is 0.0441 e. The van der Waals surface area contributed by atoms with E-state index in [2.05, 4.69) is 68.3 Å². The highest BCUT2D eigenvalue weighted by Gasteiger charge is 2.09.